The number of likely N-dealkylation sites (tertiary alicyclic amines) is 1. The second-order valence-corrected chi connectivity index (χ2v) is 5.26. The van der Waals surface area contributed by atoms with E-state index in [4.69, 9.17) is 14.0 Å². The van der Waals surface area contributed by atoms with Crippen LogP contribution in [0.4, 0.5) is 0 Å². The molecule has 1 fully saturated rings. The molecule has 6 nitrogen and oxygen atoms in total. The average Bonchev–Trinajstić information content (AvgIpc) is 2.88. The second-order valence-electron chi connectivity index (χ2n) is 5.26. The van der Waals surface area contributed by atoms with Gasteiger partial charge >= 0.3 is 0 Å². The summed E-state index contributed by atoms with van der Waals surface area (Å²) in [5.74, 6) is 3.31. The standard InChI is InChI=1S/C15H19N3O3/c1-10-16-15(21-17-10)12-8-18(9-12)7-11-4-5-13(19-2)14(6-11)20-3/h4-6,12H,7-9H2,1-3H3. The summed E-state index contributed by atoms with van der Waals surface area (Å²) in [6.07, 6.45) is 0. The summed E-state index contributed by atoms with van der Waals surface area (Å²) in [5, 5.41) is 3.84. The molecular weight excluding hydrogens is 270 g/mol. The molecule has 112 valence electrons. The highest BCUT2D eigenvalue weighted by Crippen LogP contribution is 2.31. The van der Waals surface area contributed by atoms with Gasteiger partial charge in [0.15, 0.2) is 17.3 Å². The van der Waals surface area contributed by atoms with Gasteiger partial charge in [-0.15, -0.1) is 0 Å². The monoisotopic (exact) mass is 289 g/mol. The first-order valence-electron chi connectivity index (χ1n) is 6.93. The van der Waals surface area contributed by atoms with Crippen LogP contribution in [0, 0.1) is 6.92 Å². The molecule has 0 unspecified atom stereocenters. The minimum atomic E-state index is 0.353. The smallest absolute Gasteiger partial charge is 0.232 e. The molecule has 1 aromatic heterocycles. The first-order valence-corrected chi connectivity index (χ1v) is 6.93. The van der Waals surface area contributed by atoms with E-state index in [1.54, 1.807) is 14.2 Å². The van der Waals surface area contributed by atoms with Crippen LogP contribution in [0.3, 0.4) is 0 Å². The quantitative estimate of drug-likeness (QED) is 0.839. The Bertz CT molecular complexity index is 620. The van der Waals surface area contributed by atoms with Gasteiger partial charge in [0.05, 0.1) is 20.1 Å². The summed E-state index contributed by atoms with van der Waals surface area (Å²) < 4.78 is 15.8. The van der Waals surface area contributed by atoms with E-state index in [-0.39, 0.29) is 0 Å². The summed E-state index contributed by atoms with van der Waals surface area (Å²) >= 11 is 0. The zero-order valence-corrected chi connectivity index (χ0v) is 12.5. The van der Waals surface area contributed by atoms with Crippen LogP contribution >= 0.6 is 0 Å². The highest BCUT2D eigenvalue weighted by atomic mass is 16.5. The lowest BCUT2D eigenvalue weighted by Gasteiger charge is -2.37. The molecule has 0 bridgehead atoms. The molecule has 1 saturated heterocycles. The normalized spacial score (nSPS) is 15.8. The van der Waals surface area contributed by atoms with Crippen molar-refractivity contribution >= 4 is 0 Å². The van der Waals surface area contributed by atoms with Crippen molar-refractivity contribution in [3.63, 3.8) is 0 Å². The lowest BCUT2D eigenvalue weighted by Crippen LogP contribution is -2.44. The highest BCUT2D eigenvalue weighted by molar-refractivity contribution is 5.42. The molecule has 3 rings (SSSR count). The van der Waals surface area contributed by atoms with Crippen molar-refractivity contribution < 1.29 is 14.0 Å². The van der Waals surface area contributed by atoms with Crippen LogP contribution in [0.5, 0.6) is 11.5 Å². The van der Waals surface area contributed by atoms with Crippen molar-refractivity contribution in [1.29, 1.82) is 0 Å². The molecule has 6 heteroatoms. The summed E-state index contributed by atoms with van der Waals surface area (Å²) in [5.41, 5.74) is 1.20. The third kappa shape index (κ3) is 2.85. The van der Waals surface area contributed by atoms with Crippen LogP contribution < -0.4 is 9.47 Å². The van der Waals surface area contributed by atoms with E-state index in [2.05, 4.69) is 21.1 Å². The Labute approximate surface area is 123 Å². The Morgan fingerprint density at radius 2 is 2.00 bits per heavy atom. The molecule has 2 aromatic rings. The number of hydrogen-bond acceptors (Lipinski definition) is 6. The lowest BCUT2D eigenvalue weighted by molar-refractivity contribution is 0.117. The molecule has 1 aromatic carbocycles. The molecule has 0 saturated carbocycles. The average molecular weight is 289 g/mol. The fraction of sp³-hybridized carbons (Fsp3) is 0.467. The minimum Gasteiger partial charge on any atom is -0.493 e. The van der Waals surface area contributed by atoms with E-state index in [9.17, 15) is 0 Å². The largest absolute Gasteiger partial charge is 0.493 e. The van der Waals surface area contributed by atoms with Crippen LogP contribution in [0.1, 0.15) is 23.2 Å². The van der Waals surface area contributed by atoms with Crippen molar-refractivity contribution in [3.05, 3.63) is 35.5 Å². The molecule has 0 amide bonds. The van der Waals surface area contributed by atoms with Crippen molar-refractivity contribution in [2.45, 2.75) is 19.4 Å². The van der Waals surface area contributed by atoms with Gasteiger partial charge in [-0.1, -0.05) is 11.2 Å². The van der Waals surface area contributed by atoms with Crippen molar-refractivity contribution in [3.8, 4) is 11.5 Å². The Morgan fingerprint density at radius 3 is 2.62 bits per heavy atom. The van der Waals surface area contributed by atoms with Crippen LogP contribution in [0.15, 0.2) is 22.7 Å². The topological polar surface area (TPSA) is 60.6 Å². The Hall–Kier alpha value is -2.08. The van der Waals surface area contributed by atoms with Gasteiger partial charge in [0.2, 0.25) is 5.89 Å². The predicted molar refractivity (Wildman–Crippen MR) is 76.6 cm³/mol. The number of rotatable bonds is 5. The summed E-state index contributed by atoms with van der Waals surface area (Å²) in [6, 6.07) is 6.02. The van der Waals surface area contributed by atoms with Gasteiger partial charge in [-0.2, -0.15) is 4.98 Å². The zero-order valence-electron chi connectivity index (χ0n) is 12.5. The number of hydrogen-bond donors (Lipinski definition) is 0. The molecule has 21 heavy (non-hydrogen) atoms. The molecular formula is C15H19N3O3. The molecule has 1 aliphatic heterocycles. The first-order chi connectivity index (χ1) is 10.2. The second kappa shape index (κ2) is 5.73. The number of methoxy groups -OCH3 is 2. The van der Waals surface area contributed by atoms with Crippen molar-refractivity contribution in [2.24, 2.45) is 0 Å². The van der Waals surface area contributed by atoms with E-state index in [1.165, 1.54) is 5.56 Å². The molecule has 0 aliphatic carbocycles. The first kappa shape index (κ1) is 13.9. The van der Waals surface area contributed by atoms with Gasteiger partial charge in [-0.25, -0.2) is 0 Å². The zero-order chi connectivity index (χ0) is 14.8. The van der Waals surface area contributed by atoms with Crippen LogP contribution in [0.2, 0.25) is 0 Å². The van der Waals surface area contributed by atoms with Gasteiger partial charge in [0.1, 0.15) is 0 Å². The summed E-state index contributed by atoms with van der Waals surface area (Å²) in [6.45, 7) is 4.60. The number of benzene rings is 1. The van der Waals surface area contributed by atoms with E-state index < -0.39 is 0 Å². The van der Waals surface area contributed by atoms with Crippen molar-refractivity contribution in [1.82, 2.24) is 15.0 Å². The van der Waals surface area contributed by atoms with E-state index in [1.807, 2.05) is 19.1 Å². The molecule has 2 heterocycles. The fourth-order valence-corrected chi connectivity index (χ4v) is 2.57. The SMILES string of the molecule is COc1ccc(CN2CC(c3nc(C)no3)C2)cc1OC. The lowest BCUT2D eigenvalue weighted by atomic mass is 9.99. The maximum Gasteiger partial charge on any atom is 0.232 e. The van der Waals surface area contributed by atoms with Crippen LogP contribution in [-0.4, -0.2) is 42.3 Å². The minimum absolute atomic E-state index is 0.353. The third-order valence-electron chi connectivity index (χ3n) is 3.70. The molecule has 0 spiro atoms. The van der Waals surface area contributed by atoms with Crippen molar-refractivity contribution in [2.75, 3.05) is 27.3 Å². The summed E-state index contributed by atoms with van der Waals surface area (Å²) in [4.78, 5) is 6.62. The maximum atomic E-state index is 5.33. The third-order valence-corrected chi connectivity index (χ3v) is 3.70. The molecule has 1 aliphatic rings. The molecule has 0 atom stereocenters. The maximum absolute atomic E-state index is 5.33. The summed E-state index contributed by atoms with van der Waals surface area (Å²) in [7, 11) is 3.29. The van der Waals surface area contributed by atoms with E-state index >= 15 is 0 Å². The van der Waals surface area contributed by atoms with Gasteiger partial charge in [-0.05, 0) is 24.6 Å². The van der Waals surface area contributed by atoms with Gasteiger partial charge < -0.3 is 14.0 Å². The van der Waals surface area contributed by atoms with Gasteiger partial charge in [-0.3, -0.25) is 4.90 Å². The highest BCUT2D eigenvalue weighted by Gasteiger charge is 2.32. The van der Waals surface area contributed by atoms with Gasteiger partial charge in [0, 0.05) is 19.6 Å². The van der Waals surface area contributed by atoms with Crippen LogP contribution in [-0.2, 0) is 6.54 Å². The number of ether oxygens (including phenoxy) is 2. The number of aryl methyl sites for hydroxylation is 1. The number of nitrogens with zero attached hydrogens (tertiary/aromatic N) is 3. The predicted octanol–water partition coefficient (Wildman–Crippen LogP) is 1.99. The Morgan fingerprint density at radius 1 is 1.24 bits per heavy atom. The number of aromatic nitrogens is 2. The Kier molecular flexibility index (Phi) is 3.79. The molecule has 0 radical (unpaired) electrons. The van der Waals surface area contributed by atoms with E-state index in [0.717, 1.165) is 37.0 Å². The van der Waals surface area contributed by atoms with Crippen LogP contribution in [0.25, 0.3) is 0 Å². The molecule has 0 N–H and O–H groups in total. The van der Waals surface area contributed by atoms with Gasteiger partial charge in [0.25, 0.3) is 0 Å². The van der Waals surface area contributed by atoms with E-state index in [0.29, 0.717) is 11.7 Å². The Balaban J connectivity index is 1.59. The fourth-order valence-electron chi connectivity index (χ4n) is 2.57.